The predicted molar refractivity (Wildman–Crippen MR) is 84.7 cm³/mol. The third-order valence-electron chi connectivity index (χ3n) is 4.10. The fourth-order valence-electron chi connectivity index (χ4n) is 2.68. The van der Waals surface area contributed by atoms with Crippen molar-refractivity contribution < 1.29 is 13.2 Å². The minimum Gasteiger partial charge on any atom is -0.397 e. The lowest BCUT2D eigenvalue weighted by atomic mass is 10.0. The first-order valence-corrected chi connectivity index (χ1v) is 8.92. The van der Waals surface area contributed by atoms with E-state index in [1.165, 1.54) is 6.92 Å². The molecule has 1 aliphatic rings. The van der Waals surface area contributed by atoms with Crippen molar-refractivity contribution in [1.29, 1.82) is 0 Å². The number of hydrogen-bond acceptors (Lipinski definition) is 4. The van der Waals surface area contributed by atoms with Gasteiger partial charge in [0.25, 0.3) is 0 Å². The molecule has 21 heavy (non-hydrogen) atoms. The molecule has 1 amide bonds. The van der Waals surface area contributed by atoms with E-state index in [0.717, 1.165) is 19.3 Å². The molecule has 1 fully saturated rings. The number of para-hydroxylation sites is 2. The van der Waals surface area contributed by atoms with Crippen LogP contribution in [-0.4, -0.2) is 24.8 Å². The van der Waals surface area contributed by atoms with Crippen LogP contribution in [0.3, 0.4) is 0 Å². The molecule has 5 nitrogen and oxygen atoms in total. The number of carbonyl (C=O) groups excluding carboxylic acids is 1. The van der Waals surface area contributed by atoms with Gasteiger partial charge in [-0.2, -0.15) is 0 Å². The average molecular weight is 310 g/mol. The van der Waals surface area contributed by atoms with E-state index in [0.29, 0.717) is 24.2 Å². The zero-order valence-electron chi connectivity index (χ0n) is 12.2. The van der Waals surface area contributed by atoms with Crippen LogP contribution in [0.15, 0.2) is 24.3 Å². The molecule has 6 heteroatoms. The lowest BCUT2D eigenvalue weighted by molar-refractivity contribution is -0.115. The molecular weight excluding hydrogens is 288 g/mol. The second-order valence-corrected chi connectivity index (χ2v) is 8.12. The van der Waals surface area contributed by atoms with E-state index in [4.69, 9.17) is 5.73 Å². The van der Waals surface area contributed by atoms with E-state index in [2.05, 4.69) is 5.32 Å². The van der Waals surface area contributed by atoms with Crippen LogP contribution < -0.4 is 11.1 Å². The minimum atomic E-state index is -3.45. The largest absolute Gasteiger partial charge is 0.397 e. The summed E-state index contributed by atoms with van der Waals surface area (Å²) in [4.78, 5) is 12.2. The molecule has 0 bridgehead atoms. The molecule has 1 aromatic carbocycles. The molecule has 1 aromatic rings. The number of amides is 1. The van der Waals surface area contributed by atoms with Gasteiger partial charge in [-0.3, -0.25) is 4.79 Å². The molecule has 1 atom stereocenters. The van der Waals surface area contributed by atoms with E-state index >= 15 is 0 Å². The van der Waals surface area contributed by atoms with Crippen molar-refractivity contribution in [3.63, 3.8) is 0 Å². The monoisotopic (exact) mass is 310 g/mol. The van der Waals surface area contributed by atoms with E-state index < -0.39 is 21.0 Å². The van der Waals surface area contributed by atoms with Gasteiger partial charge in [0, 0.05) is 0 Å². The smallest absolute Gasteiger partial charge is 0.242 e. The quantitative estimate of drug-likeness (QED) is 0.835. The lowest BCUT2D eigenvalue weighted by Crippen LogP contribution is -2.39. The number of carbonyl (C=O) groups is 1. The summed E-state index contributed by atoms with van der Waals surface area (Å²) in [5, 5.41) is 1.17. The van der Waals surface area contributed by atoms with Gasteiger partial charge in [-0.05, 0) is 31.9 Å². The van der Waals surface area contributed by atoms with Crippen LogP contribution in [0, 0.1) is 0 Å². The van der Waals surface area contributed by atoms with Crippen molar-refractivity contribution in [1.82, 2.24) is 0 Å². The SMILES string of the molecule is CC(C(=O)Nc1ccccc1N)S(=O)(=O)C1CCCCC1. The predicted octanol–water partition coefficient (Wildman–Crippen LogP) is 2.34. The molecule has 0 heterocycles. The van der Waals surface area contributed by atoms with Crippen LogP contribution in [-0.2, 0) is 14.6 Å². The van der Waals surface area contributed by atoms with Crippen molar-refractivity contribution in [3.05, 3.63) is 24.3 Å². The van der Waals surface area contributed by atoms with Gasteiger partial charge >= 0.3 is 0 Å². The van der Waals surface area contributed by atoms with E-state index in [1.807, 2.05) is 0 Å². The van der Waals surface area contributed by atoms with Gasteiger partial charge in [0.05, 0.1) is 16.6 Å². The van der Waals surface area contributed by atoms with E-state index in [-0.39, 0.29) is 5.25 Å². The number of nitrogens with two attached hydrogens (primary N) is 1. The maximum absolute atomic E-state index is 12.5. The van der Waals surface area contributed by atoms with Crippen LogP contribution in [0.1, 0.15) is 39.0 Å². The fourth-order valence-corrected chi connectivity index (χ4v) is 4.60. The van der Waals surface area contributed by atoms with Gasteiger partial charge in [0.1, 0.15) is 5.25 Å². The van der Waals surface area contributed by atoms with Crippen LogP contribution in [0.25, 0.3) is 0 Å². The van der Waals surface area contributed by atoms with Gasteiger partial charge in [-0.25, -0.2) is 8.42 Å². The molecule has 116 valence electrons. The van der Waals surface area contributed by atoms with Gasteiger partial charge < -0.3 is 11.1 Å². The third kappa shape index (κ3) is 3.56. The number of hydrogen-bond donors (Lipinski definition) is 2. The molecular formula is C15H22N2O3S. The maximum atomic E-state index is 12.5. The Kier molecular flexibility index (Phi) is 4.88. The maximum Gasteiger partial charge on any atom is 0.242 e. The lowest BCUT2D eigenvalue weighted by Gasteiger charge is -2.24. The van der Waals surface area contributed by atoms with Crippen molar-refractivity contribution >= 4 is 27.1 Å². The first-order chi connectivity index (χ1) is 9.93. The van der Waals surface area contributed by atoms with Crippen LogP contribution in [0.5, 0.6) is 0 Å². The first kappa shape index (κ1) is 15.8. The summed E-state index contributed by atoms with van der Waals surface area (Å²) < 4.78 is 25.0. The standard InChI is InChI=1S/C15H22N2O3S/c1-11(21(19,20)12-7-3-2-4-8-12)15(18)17-14-10-6-5-9-13(14)16/h5-6,9-12H,2-4,7-8,16H2,1H3,(H,17,18). The molecule has 0 spiro atoms. The Morgan fingerprint density at radius 2 is 1.86 bits per heavy atom. The number of anilines is 2. The highest BCUT2D eigenvalue weighted by molar-refractivity contribution is 7.93. The molecule has 0 aliphatic heterocycles. The second kappa shape index (κ2) is 6.47. The molecule has 1 aliphatic carbocycles. The molecule has 1 unspecified atom stereocenters. The number of nitrogens with one attached hydrogen (secondary N) is 1. The summed E-state index contributed by atoms with van der Waals surface area (Å²) in [5.41, 5.74) is 6.63. The summed E-state index contributed by atoms with van der Waals surface area (Å²) in [5.74, 6) is -0.515. The molecule has 0 aromatic heterocycles. The summed E-state index contributed by atoms with van der Waals surface area (Å²) in [7, 11) is -3.45. The zero-order valence-corrected chi connectivity index (χ0v) is 13.0. The van der Waals surface area contributed by atoms with E-state index in [9.17, 15) is 13.2 Å². The number of nitrogen functional groups attached to an aromatic ring is 1. The van der Waals surface area contributed by atoms with Gasteiger partial charge in [-0.1, -0.05) is 31.4 Å². The zero-order chi connectivity index (χ0) is 15.5. The molecule has 3 N–H and O–H groups in total. The number of rotatable bonds is 4. The fraction of sp³-hybridized carbons (Fsp3) is 0.533. The normalized spacial score (nSPS) is 18.1. The average Bonchev–Trinajstić information content (AvgIpc) is 2.49. The molecule has 0 saturated heterocycles. The minimum absolute atomic E-state index is 0.389. The van der Waals surface area contributed by atoms with Crippen molar-refractivity contribution in [2.75, 3.05) is 11.1 Å². The Morgan fingerprint density at radius 1 is 1.24 bits per heavy atom. The Labute approximate surface area is 125 Å². The number of sulfone groups is 1. The van der Waals surface area contributed by atoms with Crippen molar-refractivity contribution in [2.45, 2.75) is 49.5 Å². The highest BCUT2D eigenvalue weighted by atomic mass is 32.2. The van der Waals surface area contributed by atoms with E-state index in [1.54, 1.807) is 24.3 Å². The third-order valence-corrected chi connectivity index (χ3v) is 6.70. The topological polar surface area (TPSA) is 89.3 Å². The van der Waals surface area contributed by atoms with Crippen LogP contribution in [0.2, 0.25) is 0 Å². The summed E-state index contributed by atoms with van der Waals surface area (Å²) in [6.45, 7) is 1.46. The number of benzene rings is 1. The van der Waals surface area contributed by atoms with Gasteiger partial charge in [-0.15, -0.1) is 0 Å². The van der Waals surface area contributed by atoms with Crippen molar-refractivity contribution in [3.8, 4) is 0 Å². The Hall–Kier alpha value is -1.56. The molecule has 2 rings (SSSR count). The van der Waals surface area contributed by atoms with Crippen molar-refractivity contribution in [2.24, 2.45) is 0 Å². The highest BCUT2D eigenvalue weighted by Gasteiger charge is 2.36. The Bertz CT molecular complexity index is 607. The summed E-state index contributed by atoms with van der Waals surface area (Å²) in [6, 6.07) is 6.82. The molecule has 1 saturated carbocycles. The Balaban J connectivity index is 2.09. The van der Waals surface area contributed by atoms with Gasteiger partial charge in [0.15, 0.2) is 9.84 Å². The molecule has 0 radical (unpaired) electrons. The van der Waals surface area contributed by atoms with Crippen LogP contribution >= 0.6 is 0 Å². The van der Waals surface area contributed by atoms with Crippen LogP contribution in [0.4, 0.5) is 11.4 Å². The highest BCUT2D eigenvalue weighted by Crippen LogP contribution is 2.27. The van der Waals surface area contributed by atoms with Gasteiger partial charge in [0.2, 0.25) is 5.91 Å². The second-order valence-electron chi connectivity index (χ2n) is 5.57. The summed E-state index contributed by atoms with van der Waals surface area (Å²) in [6.07, 6.45) is 4.24. The Morgan fingerprint density at radius 3 is 2.48 bits per heavy atom. The first-order valence-electron chi connectivity index (χ1n) is 7.31. The summed E-state index contributed by atoms with van der Waals surface area (Å²) >= 11 is 0.